The lowest BCUT2D eigenvalue weighted by atomic mass is 9.80. The fourth-order valence-corrected chi connectivity index (χ4v) is 2.39. The molecule has 0 saturated carbocycles. The number of nitrogens with two attached hydrogens (primary N) is 1. The maximum atomic E-state index is 5.44. The van der Waals surface area contributed by atoms with Gasteiger partial charge in [0.15, 0.2) is 5.75 Å². The van der Waals surface area contributed by atoms with Crippen molar-refractivity contribution >= 4 is 6.08 Å². The summed E-state index contributed by atoms with van der Waals surface area (Å²) >= 11 is 0. The number of rotatable bonds is 3. The van der Waals surface area contributed by atoms with Crippen molar-refractivity contribution in [3.05, 3.63) is 34.9 Å². The van der Waals surface area contributed by atoms with Crippen molar-refractivity contribution in [1.29, 1.82) is 0 Å². The van der Waals surface area contributed by atoms with Crippen LogP contribution >= 0.6 is 0 Å². The van der Waals surface area contributed by atoms with E-state index in [2.05, 4.69) is 47.3 Å². The van der Waals surface area contributed by atoms with Crippen LogP contribution in [0.5, 0.6) is 5.75 Å². The summed E-state index contributed by atoms with van der Waals surface area (Å²) in [6.45, 7) is 18.6. The molecule has 0 saturated heterocycles. The lowest BCUT2D eigenvalue weighted by molar-refractivity contribution is 0.322. The Labute approximate surface area is 118 Å². The maximum Gasteiger partial charge on any atom is 0.158 e. The van der Waals surface area contributed by atoms with Crippen LogP contribution in [0, 0.1) is 6.92 Å². The number of aryl methyl sites for hydroxylation is 1. The molecule has 19 heavy (non-hydrogen) atoms. The van der Waals surface area contributed by atoms with Gasteiger partial charge in [0, 0.05) is 11.1 Å². The van der Waals surface area contributed by atoms with E-state index in [9.17, 15) is 0 Å². The first kappa shape index (κ1) is 17.7. The highest BCUT2D eigenvalue weighted by molar-refractivity contribution is 5.64. The van der Waals surface area contributed by atoms with Gasteiger partial charge in [-0.05, 0) is 36.0 Å². The van der Waals surface area contributed by atoms with Crippen molar-refractivity contribution in [2.24, 2.45) is 5.90 Å². The molecule has 0 fully saturated rings. The molecule has 0 unspecified atom stereocenters. The van der Waals surface area contributed by atoms with Crippen LogP contribution in [0.4, 0.5) is 0 Å². The molecule has 0 aromatic heterocycles. The number of hydrogen-bond donors (Lipinski definition) is 1. The second-order valence-corrected chi connectivity index (χ2v) is 5.38. The van der Waals surface area contributed by atoms with E-state index in [4.69, 9.17) is 10.7 Å². The first-order chi connectivity index (χ1) is 8.86. The molecule has 0 aliphatic rings. The summed E-state index contributed by atoms with van der Waals surface area (Å²) in [5.41, 5.74) is 4.74. The van der Waals surface area contributed by atoms with Crippen LogP contribution in [-0.2, 0) is 11.8 Å². The summed E-state index contributed by atoms with van der Waals surface area (Å²) in [4.78, 5) is 5.10. The standard InChI is InChI=1S/C15H23NO.C2H6/c1-7-11-9-12(8-2)14(17-16)13(10(11)3)15(4,5)6;1-2/h8-9H,2,7,16H2,1,3-6H3;1-2H3. The number of benzene rings is 1. The molecule has 1 aromatic rings. The van der Waals surface area contributed by atoms with E-state index >= 15 is 0 Å². The lowest BCUT2D eigenvalue weighted by Gasteiger charge is -2.27. The van der Waals surface area contributed by atoms with Crippen molar-refractivity contribution in [2.75, 3.05) is 0 Å². The minimum absolute atomic E-state index is 0.00171. The van der Waals surface area contributed by atoms with Gasteiger partial charge in [0.1, 0.15) is 0 Å². The summed E-state index contributed by atoms with van der Waals surface area (Å²) in [7, 11) is 0. The second-order valence-electron chi connectivity index (χ2n) is 5.38. The van der Waals surface area contributed by atoms with E-state index in [1.807, 2.05) is 13.8 Å². The maximum absolute atomic E-state index is 5.44. The lowest BCUT2D eigenvalue weighted by Crippen LogP contribution is -2.19. The van der Waals surface area contributed by atoms with Gasteiger partial charge in [-0.25, -0.2) is 0 Å². The molecule has 108 valence electrons. The highest BCUT2D eigenvalue weighted by Gasteiger charge is 2.25. The molecule has 2 N–H and O–H groups in total. The molecule has 1 aromatic carbocycles. The summed E-state index contributed by atoms with van der Waals surface area (Å²) in [5, 5.41) is 0. The van der Waals surface area contributed by atoms with E-state index in [0.29, 0.717) is 0 Å². The van der Waals surface area contributed by atoms with Gasteiger partial charge in [-0.15, -0.1) is 0 Å². The minimum Gasteiger partial charge on any atom is -0.411 e. The van der Waals surface area contributed by atoms with Gasteiger partial charge in [-0.3, -0.25) is 0 Å². The smallest absolute Gasteiger partial charge is 0.158 e. The Balaban J connectivity index is 0.00000154. The van der Waals surface area contributed by atoms with Crippen LogP contribution < -0.4 is 10.7 Å². The third kappa shape index (κ3) is 3.84. The largest absolute Gasteiger partial charge is 0.411 e. The Morgan fingerprint density at radius 2 is 1.84 bits per heavy atom. The van der Waals surface area contributed by atoms with Crippen molar-refractivity contribution < 1.29 is 4.84 Å². The highest BCUT2D eigenvalue weighted by atomic mass is 16.6. The van der Waals surface area contributed by atoms with E-state index in [-0.39, 0.29) is 5.41 Å². The Kier molecular flexibility index (Phi) is 6.85. The average molecular weight is 263 g/mol. The van der Waals surface area contributed by atoms with Gasteiger partial charge in [0.2, 0.25) is 0 Å². The minimum atomic E-state index is 0.00171. The molecule has 0 aliphatic heterocycles. The van der Waals surface area contributed by atoms with Crippen molar-refractivity contribution in [3.63, 3.8) is 0 Å². The predicted octanol–water partition coefficient (Wildman–Crippen LogP) is 4.78. The van der Waals surface area contributed by atoms with E-state index in [1.165, 1.54) is 16.7 Å². The van der Waals surface area contributed by atoms with Crippen LogP contribution in [0.25, 0.3) is 6.08 Å². The van der Waals surface area contributed by atoms with Crippen LogP contribution in [0.1, 0.15) is 63.8 Å². The van der Waals surface area contributed by atoms with Crippen molar-refractivity contribution in [3.8, 4) is 5.75 Å². The molecule has 0 amide bonds. The van der Waals surface area contributed by atoms with E-state index < -0.39 is 0 Å². The van der Waals surface area contributed by atoms with Gasteiger partial charge >= 0.3 is 0 Å². The van der Waals surface area contributed by atoms with Crippen LogP contribution in [0.15, 0.2) is 12.6 Å². The van der Waals surface area contributed by atoms with Crippen molar-refractivity contribution in [2.45, 2.75) is 60.3 Å². The monoisotopic (exact) mass is 263 g/mol. The Hall–Kier alpha value is -1.28. The third-order valence-electron chi connectivity index (χ3n) is 3.14. The number of hydrogen-bond acceptors (Lipinski definition) is 2. The van der Waals surface area contributed by atoms with E-state index in [0.717, 1.165) is 17.7 Å². The molecule has 0 aliphatic carbocycles. The van der Waals surface area contributed by atoms with Crippen LogP contribution in [0.3, 0.4) is 0 Å². The first-order valence-corrected chi connectivity index (χ1v) is 7.02. The Bertz CT molecular complexity index is 428. The SMILES string of the molecule is C=Cc1cc(CC)c(C)c(C(C)(C)C)c1ON.CC. The molecule has 0 heterocycles. The zero-order valence-corrected chi connectivity index (χ0v) is 13.6. The summed E-state index contributed by atoms with van der Waals surface area (Å²) < 4.78 is 0. The molecule has 0 atom stereocenters. The van der Waals surface area contributed by atoms with Gasteiger partial charge in [0.25, 0.3) is 0 Å². The van der Waals surface area contributed by atoms with E-state index in [1.54, 1.807) is 6.08 Å². The average Bonchev–Trinajstić information content (AvgIpc) is 2.38. The zero-order chi connectivity index (χ0) is 15.2. The van der Waals surface area contributed by atoms with Crippen LogP contribution in [-0.4, -0.2) is 0 Å². The summed E-state index contributed by atoms with van der Waals surface area (Å²) in [6.07, 6.45) is 2.80. The molecule has 2 nitrogen and oxygen atoms in total. The third-order valence-corrected chi connectivity index (χ3v) is 3.14. The predicted molar refractivity (Wildman–Crippen MR) is 85.5 cm³/mol. The molecular formula is C17H29NO. The van der Waals surface area contributed by atoms with Gasteiger partial charge in [-0.2, -0.15) is 5.90 Å². The molecule has 2 heteroatoms. The fraction of sp³-hybridized carbons (Fsp3) is 0.529. The molecule has 0 bridgehead atoms. The first-order valence-electron chi connectivity index (χ1n) is 7.02. The Morgan fingerprint density at radius 3 is 2.16 bits per heavy atom. The fourth-order valence-electron chi connectivity index (χ4n) is 2.39. The van der Waals surface area contributed by atoms with Crippen LogP contribution in [0.2, 0.25) is 0 Å². The topological polar surface area (TPSA) is 35.2 Å². The Morgan fingerprint density at radius 1 is 1.32 bits per heavy atom. The quantitative estimate of drug-likeness (QED) is 0.797. The zero-order valence-electron chi connectivity index (χ0n) is 13.6. The summed E-state index contributed by atoms with van der Waals surface area (Å²) in [5.74, 6) is 6.19. The second kappa shape index (κ2) is 7.34. The summed E-state index contributed by atoms with van der Waals surface area (Å²) in [6, 6.07) is 2.11. The molecule has 0 radical (unpaired) electrons. The van der Waals surface area contributed by atoms with Gasteiger partial charge < -0.3 is 4.84 Å². The van der Waals surface area contributed by atoms with Gasteiger partial charge in [0.05, 0.1) is 0 Å². The highest BCUT2D eigenvalue weighted by Crippen LogP contribution is 2.38. The molecular weight excluding hydrogens is 234 g/mol. The normalized spacial score (nSPS) is 10.5. The molecule has 0 spiro atoms. The van der Waals surface area contributed by atoms with Gasteiger partial charge in [-0.1, -0.05) is 54.2 Å². The molecule has 1 rings (SSSR count). The van der Waals surface area contributed by atoms with Crippen molar-refractivity contribution in [1.82, 2.24) is 0 Å².